The minimum absolute atomic E-state index is 0.0184. The molecule has 1 fully saturated rings. The van der Waals surface area contributed by atoms with Gasteiger partial charge >= 0.3 is 0 Å². The fourth-order valence-corrected chi connectivity index (χ4v) is 3.11. The second-order valence-corrected chi connectivity index (χ2v) is 6.43. The highest BCUT2D eigenvalue weighted by Crippen LogP contribution is 2.37. The van der Waals surface area contributed by atoms with Gasteiger partial charge < -0.3 is 15.2 Å². The molecule has 1 aliphatic heterocycles. The van der Waals surface area contributed by atoms with Crippen LogP contribution in [0.1, 0.15) is 41.4 Å². The molecule has 0 atom stereocenters. The van der Waals surface area contributed by atoms with Crippen molar-refractivity contribution in [3.8, 4) is 11.5 Å². The largest absolute Gasteiger partial charge is 0.504 e. The molecule has 0 radical (unpaired) electrons. The van der Waals surface area contributed by atoms with E-state index < -0.39 is 0 Å². The van der Waals surface area contributed by atoms with Gasteiger partial charge in [0.05, 0.1) is 11.3 Å². The predicted octanol–water partition coefficient (Wildman–Crippen LogP) is 1.62. The molecule has 0 spiro atoms. The summed E-state index contributed by atoms with van der Waals surface area (Å²) in [6.45, 7) is 2.01. The van der Waals surface area contributed by atoms with Gasteiger partial charge in [-0.1, -0.05) is 6.07 Å². The van der Waals surface area contributed by atoms with Crippen LogP contribution in [0.3, 0.4) is 0 Å². The summed E-state index contributed by atoms with van der Waals surface area (Å²) in [5.74, 6) is 1.07. The number of aromatic amines is 1. The van der Waals surface area contributed by atoms with Crippen molar-refractivity contribution in [2.75, 3.05) is 6.54 Å². The summed E-state index contributed by atoms with van der Waals surface area (Å²) in [6.07, 6.45) is 3.01. The first kappa shape index (κ1) is 14.3. The molecule has 0 amide bonds. The minimum Gasteiger partial charge on any atom is -0.504 e. The highest BCUT2D eigenvalue weighted by Gasteiger charge is 2.29. The van der Waals surface area contributed by atoms with Crippen LogP contribution in [-0.2, 0) is 19.5 Å². The van der Waals surface area contributed by atoms with Crippen molar-refractivity contribution in [2.24, 2.45) is 0 Å². The van der Waals surface area contributed by atoms with Gasteiger partial charge in [-0.25, -0.2) is 4.98 Å². The van der Waals surface area contributed by atoms with Crippen LogP contribution >= 0.6 is 0 Å². The molecule has 1 aromatic heterocycles. The zero-order valence-electron chi connectivity index (χ0n) is 12.7. The van der Waals surface area contributed by atoms with Crippen molar-refractivity contribution in [3.63, 3.8) is 0 Å². The van der Waals surface area contributed by atoms with Gasteiger partial charge in [0.2, 0.25) is 0 Å². The second kappa shape index (κ2) is 5.38. The summed E-state index contributed by atoms with van der Waals surface area (Å²) in [4.78, 5) is 22.1. The van der Waals surface area contributed by atoms with E-state index in [2.05, 4.69) is 14.9 Å². The lowest BCUT2D eigenvalue weighted by Gasteiger charge is -2.27. The van der Waals surface area contributed by atoms with Crippen LogP contribution in [0.5, 0.6) is 11.5 Å². The Bertz CT molecular complexity index is 811. The lowest BCUT2D eigenvalue weighted by Crippen LogP contribution is -2.35. The molecule has 1 aliphatic carbocycles. The average Bonchev–Trinajstić information content (AvgIpc) is 3.36. The average molecular weight is 313 g/mol. The molecule has 0 unspecified atom stereocenters. The molecule has 3 N–H and O–H groups in total. The van der Waals surface area contributed by atoms with Gasteiger partial charge in [0.25, 0.3) is 5.56 Å². The van der Waals surface area contributed by atoms with E-state index in [4.69, 9.17) is 0 Å². The first-order chi connectivity index (χ1) is 11.1. The fourth-order valence-electron chi connectivity index (χ4n) is 3.11. The molecule has 4 rings (SSSR count). The number of nitrogens with zero attached hydrogens (tertiary/aromatic N) is 2. The van der Waals surface area contributed by atoms with E-state index in [0.717, 1.165) is 48.5 Å². The SMILES string of the molecule is O=c1[nH]c(C2CC2)nc2c1CN(Cc1ccc(O)c(O)c1)CC2. The number of hydrogen-bond donors (Lipinski definition) is 3. The first-order valence-corrected chi connectivity index (χ1v) is 7.95. The van der Waals surface area contributed by atoms with Crippen molar-refractivity contribution in [3.05, 3.63) is 51.2 Å². The van der Waals surface area contributed by atoms with Gasteiger partial charge in [-0.05, 0) is 30.5 Å². The third-order valence-electron chi connectivity index (χ3n) is 4.58. The number of aromatic hydroxyl groups is 2. The number of fused-ring (bicyclic) bond motifs is 1. The van der Waals surface area contributed by atoms with E-state index in [9.17, 15) is 15.0 Å². The van der Waals surface area contributed by atoms with Crippen LogP contribution in [0.25, 0.3) is 0 Å². The Morgan fingerprint density at radius 3 is 2.83 bits per heavy atom. The van der Waals surface area contributed by atoms with E-state index in [1.54, 1.807) is 12.1 Å². The van der Waals surface area contributed by atoms with Crippen molar-refractivity contribution in [2.45, 2.75) is 38.3 Å². The van der Waals surface area contributed by atoms with E-state index in [-0.39, 0.29) is 17.1 Å². The third kappa shape index (κ3) is 2.82. The molecule has 23 heavy (non-hydrogen) atoms. The van der Waals surface area contributed by atoms with Crippen LogP contribution < -0.4 is 5.56 Å². The molecule has 6 heteroatoms. The van der Waals surface area contributed by atoms with Gasteiger partial charge in [-0.3, -0.25) is 9.69 Å². The van der Waals surface area contributed by atoms with Crippen LogP contribution in [-0.4, -0.2) is 31.6 Å². The third-order valence-corrected chi connectivity index (χ3v) is 4.58. The number of benzene rings is 1. The molecule has 0 saturated heterocycles. The topological polar surface area (TPSA) is 89.5 Å². The molecule has 1 aromatic carbocycles. The van der Waals surface area contributed by atoms with Gasteiger partial charge in [0.15, 0.2) is 11.5 Å². The first-order valence-electron chi connectivity index (χ1n) is 7.95. The lowest BCUT2D eigenvalue weighted by molar-refractivity contribution is 0.241. The normalized spacial score (nSPS) is 17.9. The summed E-state index contributed by atoms with van der Waals surface area (Å²) in [5, 5.41) is 19.0. The Labute approximate surface area is 133 Å². The summed E-state index contributed by atoms with van der Waals surface area (Å²) < 4.78 is 0. The molecule has 2 aromatic rings. The number of rotatable bonds is 3. The van der Waals surface area contributed by atoms with Gasteiger partial charge in [-0.15, -0.1) is 0 Å². The molecule has 2 aliphatic rings. The molecule has 1 saturated carbocycles. The van der Waals surface area contributed by atoms with Gasteiger partial charge in [0, 0.05) is 32.0 Å². The Morgan fingerprint density at radius 1 is 1.26 bits per heavy atom. The second-order valence-electron chi connectivity index (χ2n) is 6.43. The standard InChI is InChI=1S/C17H19N3O3/c21-14-4-1-10(7-15(14)22)8-20-6-5-13-12(9-20)17(23)19-16(18-13)11-2-3-11/h1,4,7,11,21-22H,2-3,5-6,8-9H2,(H,18,19,23). The predicted molar refractivity (Wildman–Crippen MR) is 84.4 cm³/mol. The van der Waals surface area contributed by atoms with Crippen molar-refractivity contribution in [1.82, 2.24) is 14.9 Å². The van der Waals surface area contributed by atoms with Gasteiger partial charge in [-0.2, -0.15) is 0 Å². The lowest BCUT2D eigenvalue weighted by atomic mass is 10.1. The highest BCUT2D eigenvalue weighted by molar-refractivity contribution is 5.40. The zero-order valence-corrected chi connectivity index (χ0v) is 12.7. The molecule has 2 heterocycles. The van der Waals surface area contributed by atoms with Crippen LogP contribution in [0.15, 0.2) is 23.0 Å². The number of aromatic nitrogens is 2. The van der Waals surface area contributed by atoms with Crippen LogP contribution in [0.4, 0.5) is 0 Å². The number of hydrogen-bond acceptors (Lipinski definition) is 5. The van der Waals surface area contributed by atoms with Crippen molar-refractivity contribution < 1.29 is 10.2 Å². The maximum absolute atomic E-state index is 12.3. The van der Waals surface area contributed by atoms with Crippen molar-refractivity contribution >= 4 is 0 Å². The smallest absolute Gasteiger partial charge is 0.255 e. The Hall–Kier alpha value is -2.34. The maximum Gasteiger partial charge on any atom is 0.255 e. The summed E-state index contributed by atoms with van der Waals surface area (Å²) in [6, 6.07) is 4.83. The number of phenols is 2. The zero-order chi connectivity index (χ0) is 16.0. The van der Waals surface area contributed by atoms with Crippen LogP contribution in [0, 0.1) is 0 Å². The molecule has 6 nitrogen and oxygen atoms in total. The Morgan fingerprint density at radius 2 is 2.09 bits per heavy atom. The highest BCUT2D eigenvalue weighted by atomic mass is 16.3. The summed E-state index contributed by atoms with van der Waals surface area (Å²) >= 11 is 0. The monoisotopic (exact) mass is 313 g/mol. The van der Waals surface area contributed by atoms with E-state index in [1.807, 2.05) is 0 Å². The van der Waals surface area contributed by atoms with Crippen molar-refractivity contribution in [1.29, 1.82) is 0 Å². The molecule has 0 bridgehead atoms. The fraction of sp³-hybridized carbons (Fsp3) is 0.412. The van der Waals surface area contributed by atoms with Crippen LogP contribution in [0.2, 0.25) is 0 Å². The molecular weight excluding hydrogens is 294 g/mol. The molecular formula is C17H19N3O3. The summed E-state index contributed by atoms with van der Waals surface area (Å²) in [5.41, 5.74) is 2.57. The number of H-pyrrole nitrogens is 1. The Kier molecular flexibility index (Phi) is 3.34. The summed E-state index contributed by atoms with van der Waals surface area (Å²) in [7, 11) is 0. The number of nitrogens with one attached hydrogen (secondary N) is 1. The quantitative estimate of drug-likeness (QED) is 0.749. The van der Waals surface area contributed by atoms with E-state index >= 15 is 0 Å². The maximum atomic E-state index is 12.3. The van der Waals surface area contributed by atoms with E-state index in [1.165, 1.54) is 6.07 Å². The Balaban J connectivity index is 1.54. The number of phenolic OH excluding ortho intramolecular Hbond substituents is 2. The molecule has 120 valence electrons. The minimum atomic E-state index is -0.119. The van der Waals surface area contributed by atoms with Gasteiger partial charge in [0.1, 0.15) is 5.82 Å². The van der Waals surface area contributed by atoms with E-state index in [0.29, 0.717) is 19.0 Å².